The first-order valence-corrected chi connectivity index (χ1v) is 14.4. The molecule has 2 aliphatic heterocycles. The summed E-state index contributed by atoms with van der Waals surface area (Å²) in [6, 6.07) is 11.9. The van der Waals surface area contributed by atoms with Gasteiger partial charge in [-0.1, -0.05) is 24.6 Å². The van der Waals surface area contributed by atoms with Crippen LogP contribution in [0.15, 0.2) is 47.4 Å². The molecule has 1 atom stereocenters. The second kappa shape index (κ2) is 9.78. The van der Waals surface area contributed by atoms with Gasteiger partial charge in [0.25, 0.3) is 0 Å². The third-order valence-corrected chi connectivity index (χ3v) is 9.91. The summed E-state index contributed by atoms with van der Waals surface area (Å²) in [4.78, 5) is 18.2. The van der Waals surface area contributed by atoms with E-state index in [1.54, 1.807) is 31.4 Å². The van der Waals surface area contributed by atoms with E-state index in [2.05, 4.69) is 4.98 Å². The molecule has 0 aliphatic carbocycles. The van der Waals surface area contributed by atoms with Crippen LogP contribution in [0.3, 0.4) is 0 Å². The number of aliphatic hydroxyl groups is 1. The van der Waals surface area contributed by atoms with Crippen LogP contribution in [0.4, 0.5) is 0 Å². The van der Waals surface area contributed by atoms with Gasteiger partial charge in [-0.15, -0.1) is 0 Å². The fraction of sp³-hybridized carbons (Fsp3) is 0.464. The molecule has 37 heavy (non-hydrogen) atoms. The fourth-order valence-corrected chi connectivity index (χ4v) is 7.70. The number of methoxy groups -OCH3 is 1. The van der Waals surface area contributed by atoms with Gasteiger partial charge in [0.2, 0.25) is 15.9 Å². The number of fused-ring (bicyclic) bond motifs is 4. The number of likely N-dealkylation sites (tertiary alicyclic amines) is 1. The summed E-state index contributed by atoms with van der Waals surface area (Å²) in [6.07, 6.45) is 2.61. The van der Waals surface area contributed by atoms with Gasteiger partial charge in [-0.25, -0.2) is 8.42 Å². The number of hydrogen-bond donors (Lipinski definition) is 2. The zero-order valence-corrected chi connectivity index (χ0v) is 22.5. The molecule has 1 fully saturated rings. The summed E-state index contributed by atoms with van der Waals surface area (Å²) in [5.41, 5.74) is 3.11. The third-order valence-electron chi connectivity index (χ3n) is 8.04. The van der Waals surface area contributed by atoms with E-state index in [0.717, 1.165) is 34.1 Å². The third kappa shape index (κ3) is 4.32. The molecular weight excluding hydrogens is 490 g/mol. The van der Waals surface area contributed by atoms with Gasteiger partial charge < -0.3 is 19.7 Å². The van der Waals surface area contributed by atoms with Crippen LogP contribution in [0, 0.1) is 6.92 Å². The largest absolute Gasteiger partial charge is 0.497 e. The molecule has 1 aromatic heterocycles. The number of rotatable bonds is 6. The van der Waals surface area contributed by atoms with Gasteiger partial charge in [0.1, 0.15) is 5.75 Å². The molecule has 0 unspecified atom stereocenters. The average molecular weight is 526 g/mol. The summed E-state index contributed by atoms with van der Waals surface area (Å²) in [7, 11) is -2.29. The van der Waals surface area contributed by atoms with Crippen molar-refractivity contribution < 1.29 is 23.1 Å². The number of piperidine rings is 1. The monoisotopic (exact) mass is 525 g/mol. The lowest BCUT2D eigenvalue weighted by Crippen LogP contribution is -2.55. The van der Waals surface area contributed by atoms with Crippen molar-refractivity contribution in [3.63, 3.8) is 0 Å². The number of H-pyrrole nitrogens is 1. The summed E-state index contributed by atoms with van der Waals surface area (Å²) in [5, 5.41) is 11.6. The normalized spacial score (nSPS) is 19.8. The van der Waals surface area contributed by atoms with Crippen molar-refractivity contribution in [2.45, 2.75) is 55.9 Å². The number of amides is 1. The molecule has 0 radical (unpaired) electrons. The maximum atomic E-state index is 14.0. The van der Waals surface area contributed by atoms with Gasteiger partial charge in [0, 0.05) is 54.1 Å². The van der Waals surface area contributed by atoms with Crippen molar-refractivity contribution in [1.29, 1.82) is 0 Å². The number of carbonyl (C=O) groups excluding carboxylic acids is 1. The fourth-order valence-electron chi connectivity index (χ4n) is 6.02. The van der Waals surface area contributed by atoms with Crippen LogP contribution in [0.1, 0.15) is 55.5 Å². The van der Waals surface area contributed by atoms with E-state index in [4.69, 9.17) is 4.74 Å². The molecule has 0 saturated carbocycles. The lowest BCUT2D eigenvalue weighted by molar-refractivity contribution is -0.133. The first-order valence-electron chi connectivity index (χ1n) is 12.9. The van der Waals surface area contributed by atoms with Crippen LogP contribution in [-0.4, -0.2) is 67.0 Å². The van der Waals surface area contributed by atoms with E-state index in [-0.39, 0.29) is 24.0 Å². The Morgan fingerprint density at radius 1 is 1.16 bits per heavy atom. The minimum atomic E-state index is -3.90. The van der Waals surface area contributed by atoms with E-state index < -0.39 is 21.5 Å². The number of nitrogens with zero attached hydrogens (tertiary/aromatic N) is 2. The molecule has 9 heteroatoms. The number of nitrogens with one attached hydrogen (secondary N) is 1. The Morgan fingerprint density at radius 2 is 1.86 bits per heavy atom. The van der Waals surface area contributed by atoms with E-state index in [0.29, 0.717) is 38.1 Å². The van der Waals surface area contributed by atoms with Crippen molar-refractivity contribution in [2.75, 3.05) is 33.4 Å². The van der Waals surface area contributed by atoms with Crippen molar-refractivity contribution in [2.24, 2.45) is 0 Å². The van der Waals surface area contributed by atoms with Crippen LogP contribution in [0.5, 0.6) is 5.75 Å². The van der Waals surface area contributed by atoms with Crippen molar-refractivity contribution >= 4 is 26.8 Å². The number of sulfonamides is 1. The number of carbonyl (C=O) groups is 1. The van der Waals surface area contributed by atoms with E-state index in [1.807, 2.05) is 36.9 Å². The highest BCUT2D eigenvalue weighted by Gasteiger charge is 2.51. The van der Waals surface area contributed by atoms with Crippen LogP contribution in [-0.2, 0) is 20.2 Å². The zero-order chi connectivity index (χ0) is 26.4. The van der Waals surface area contributed by atoms with E-state index in [1.165, 1.54) is 4.31 Å². The summed E-state index contributed by atoms with van der Waals surface area (Å²) < 4.78 is 34.9. The quantitative estimate of drug-likeness (QED) is 0.508. The van der Waals surface area contributed by atoms with Crippen LogP contribution >= 0.6 is 0 Å². The predicted octanol–water partition coefficient (Wildman–Crippen LogP) is 3.88. The molecule has 2 aliphatic rings. The van der Waals surface area contributed by atoms with Gasteiger partial charge in [0.15, 0.2) is 0 Å². The minimum Gasteiger partial charge on any atom is -0.497 e. The van der Waals surface area contributed by atoms with Crippen molar-refractivity contribution in [1.82, 2.24) is 14.2 Å². The first-order chi connectivity index (χ1) is 17.7. The molecule has 2 aromatic carbocycles. The number of benzene rings is 2. The first kappa shape index (κ1) is 25.8. The molecule has 8 nitrogen and oxygen atoms in total. The van der Waals surface area contributed by atoms with Gasteiger partial charge >= 0.3 is 0 Å². The molecule has 3 aromatic rings. The molecule has 5 rings (SSSR count). The molecule has 1 spiro atoms. The maximum Gasteiger partial charge on any atom is 0.243 e. The van der Waals surface area contributed by atoms with Crippen LogP contribution < -0.4 is 4.74 Å². The van der Waals surface area contributed by atoms with Gasteiger partial charge in [0.05, 0.1) is 24.7 Å². The minimum absolute atomic E-state index is 0.148. The average Bonchev–Trinajstić information content (AvgIpc) is 3.29. The Hall–Kier alpha value is -2.88. The molecule has 1 amide bonds. The Balaban J connectivity index is 1.64. The van der Waals surface area contributed by atoms with Crippen molar-refractivity contribution in [3.8, 4) is 5.75 Å². The predicted molar refractivity (Wildman–Crippen MR) is 142 cm³/mol. The van der Waals surface area contributed by atoms with Crippen molar-refractivity contribution in [3.05, 3.63) is 59.3 Å². The van der Waals surface area contributed by atoms with Crippen LogP contribution in [0.25, 0.3) is 10.9 Å². The molecule has 3 heterocycles. The maximum absolute atomic E-state index is 14.0. The second-order valence-electron chi connectivity index (χ2n) is 10.3. The second-order valence-corrected chi connectivity index (χ2v) is 12.2. The highest BCUT2D eigenvalue weighted by molar-refractivity contribution is 7.89. The molecular formula is C28H35N3O5S. The molecule has 198 valence electrons. The highest BCUT2D eigenvalue weighted by Crippen LogP contribution is 2.50. The Morgan fingerprint density at radius 3 is 2.49 bits per heavy atom. The highest BCUT2D eigenvalue weighted by atomic mass is 32.2. The Labute approximate surface area is 218 Å². The summed E-state index contributed by atoms with van der Waals surface area (Å²) in [5.74, 6) is 0.847. The Bertz CT molecular complexity index is 1410. The smallest absolute Gasteiger partial charge is 0.243 e. The van der Waals surface area contributed by atoms with Gasteiger partial charge in [-0.3, -0.25) is 4.79 Å². The van der Waals surface area contributed by atoms with Gasteiger partial charge in [-0.2, -0.15) is 4.31 Å². The SMILES string of the molecule is CCCC(=O)N1CCC2(CC1)CN(S(=O)(=O)c1ccc(C)cc1)[C@H](CO)c1[nH]c3cc(OC)ccc3c12. The van der Waals surface area contributed by atoms with Gasteiger partial charge in [-0.05, 0) is 56.0 Å². The number of ether oxygens (including phenoxy) is 1. The topological polar surface area (TPSA) is 103 Å². The standard InChI is InChI=1S/C28H35N3O5S/c1-4-5-25(33)30-14-12-28(13-15-30)18-31(37(34,35)21-9-6-19(2)7-10-21)24(17-32)27-26(28)22-11-8-20(36-3)16-23(22)29-27/h6-11,16,24,29,32H,4-5,12-15,17-18H2,1-3H3/t24-/m1/s1. The summed E-state index contributed by atoms with van der Waals surface area (Å²) >= 11 is 0. The molecule has 2 N–H and O–H groups in total. The van der Waals surface area contributed by atoms with E-state index >= 15 is 0 Å². The number of hydrogen-bond acceptors (Lipinski definition) is 5. The zero-order valence-electron chi connectivity index (χ0n) is 21.7. The molecule has 0 bridgehead atoms. The Kier molecular flexibility index (Phi) is 6.81. The van der Waals surface area contributed by atoms with E-state index in [9.17, 15) is 18.3 Å². The van der Waals surface area contributed by atoms with Crippen LogP contribution in [0.2, 0.25) is 0 Å². The molecule has 1 saturated heterocycles. The number of aromatic amines is 1. The lowest BCUT2D eigenvalue weighted by atomic mass is 9.69. The summed E-state index contributed by atoms with van der Waals surface area (Å²) in [6.45, 7) is 4.96. The number of aryl methyl sites for hydroxylation is 1. The lowest BCUT2D eigenvalue weighted by Gasteiger charge is -2.49. The number of aliphatic hydroxyl groups excluding tert-OH is 1. The number of aromatic nitrogens is 1.